The molecule has 17 heteroatoms. The third-order valence-electron chi connectivity index (χ3n) is 11.7. The van der Waals surface area contributed by atoms with Crippen LogP contribution >= 0.6 is 11.6 Å². The number of fused-ring (bicyclic) bond motifs is 5. The highest BCUT2D eigenvalue weighted by atomic mass is 35.5. The van der Waals surface area contributed by atoms with Crippen LogP contribution in [-0.4, -0.2) is 127 Å². The average molecular weight is 843 g/mol. The van der Waals surface area contributed by atoms with Crippen LogP contribution in [0, 0.1) is 5.92 Å². The maximum absolute atomic E-state index is 14.2. The van der Waals surface area contributed by atoms with Crippen LogP contribution in [0.15, 0.2) is 48.1 Å². The van der Waals surface area contributed by atoms with Crippen molar-refractivity contribution < 1.29 is 57.6 Å². The summed E-state index contributed by atoms with van der Waals surface area (Å²) in [4.78, 5) is 81.6. The molecule has 5 amide bonds. The topological polar surface area (TPSA) is 194 Å². The molecule has 7 unspecified atom stereocenters. The molecule has 2 fully saturated rings. The van der Waals surface area contributed by atoms with Crippen LogP contribution < -0.4 is 15.0 Å². The molecule has 0 radical (unpaired) electrons. The number of allylic oxidation sites excluding steroid dienone is 3. The number of rotatable bonds is 11. The summed E-state index contributed by atoms with van der Waals surface area (Å²) in [6.07, 6.45) is 4.78. The van der Waals surface area contributed by atoms with E-state index in [9.17, 15) is 33.9 Å². The molecule has 2 saturated heterocycles. The van der Waals surface area contributed by atoms with Gasteiger partial charge in [0.15, 0.2) is 5.72 Å². The number of carbonyl (C=O) groups is 6. The number of hydrogen-bond donors (Lipinski definition) is 2. The van der Waals surface area contributed by atoms with E-state index >= 15 is 0 Å². The smallest absolute Gasteiger partial charge is 0.409 e. The molecule has 0 aromatic heterocycles. The van der Waals surface area contributed by atoms with Gasteiger partial charge in [0, 0.05) is 58.7 Å². The third-order valence-corrected chi connectivity index (χ3v) is 12.1. The molecule has 0 spiro atoms. The largest absolute Gasteiger partial charge is 0.495 e. The second-order valence-corrected chi connectivity index (χ2v) is 16.3. The molecule has 59 heavy (non-hydrogen) atoms. The monoisotopic (exact) mass is 842 g/mol. The van der Waals surface area contributed by atoms with Gasteiger partial charge in [0.25, 0.3) is 11.8 Å². The van der Waals surface area contributed by atoms with Crippen LogP contribution in [0.5, 0.6) is 5.75 Å². The summed E-state index contributed by atoms with van der Waals surface area (Å²) < 4.78 is 29.3. The maximum Gasteiger partial charge on any atom is 0.409 e. The number of amides is 5. The molecule has 1 aromatic carbocycles. The van der Waals surface area contributed by atoms with Crippen LogP contribution in [0.1, 0.15) is 71.8 Å². The highest BCUT2D eigenvalue weighted by molar-refractivity contribution is 6.35. The van der Waals surface area contributed by atoms with Crippen molar-refractivity contribution in [2.75, 3.05) is 39.8 Å². The maximum atomic E-state index is 14.2. The minimum atomic E-state index is -1.85. The van der Waals surface area contributed by atoms with E-state index in [1.165, 1.54) is 50.1 Å². The lowest BCUT2D eigenvalue weighted by molar-refractivity contribution is -0.162. The van der Waals surface area contributed by atoms with Crippen molar-refractivity contribution in [2.45, 2.75) is 114 Å². The predicted octanol–water partition coefficient (Wildman–Crippen LogP) is 4.00. The zero-order chi connectivity index (χ0) is 43.4. The van der Waals surface area contributed by atoms with Gasteiger partial charge >= 0.3 is 12.1 Å². The number of epoxide rings is 1. The number of carbonyl (C=O) groups excluding carboxylic acids is 6. The quantitative estimate of drug-likeness (QED) is 0.141. The Kier molecular flexibility index (Phi) is 14.3. The van der Waals surface area contributed by atoms with E-state index in [-0.39, 0.29) is 48.6 Å². The number of esters is 1. The molecule has 4 heterocycles. The van der Waals surface area contributed by atoms with Gasteiger partial charge in [0.1, 0.15) is 40.7 Å². The molecular weight excluding hydrogens is 788 g/mol. The van der Waals surface area contributed by atoms with Crippen LogP contribution in [0.2, 0.25) is 5.02 Å². The highest BCUT2D eigenvalue weighted by Gasteiger charge is 2.64. The number of alkyl carbamates (subject to hydrolysis) is 1. The predicted molar refractivity (Wildman–Crippen MR) is 215 cm³/mol. The number of methoxy groups -OCH3 is 2. The van der Waals surface area contributed by atoms with Crippen molar-refractivity contribution in [2.24, 2.45) is 5.92 Å². The Bertz CT molecular complexity index is 1900. The molecule has 2 N–H and O–H groups in total. The van der Waals surface area contributed by atoms with E-state index in [0.29, 0.717) is 37.1 Å². The lowest BCUT2D eigenvalue weighted by atomic mass is 9.83. The van der Waals surface area contributed by atoms with Gasteiger partial charge < -0.3 is 38.6 Å². The normalized spacial score (nSPS) is 30.4. The van der Waals surface area contributed by atoms with E-state index in [4.69, 9.17) is 35.3 Å². The molecule has 322 valence electrons. The minimum absolute atomic E-state index is 0.0761. The molecule has 1 aromatic rings. The first-order chi connectivity index (χ1) is 27.8. The number of imide groups is 1. The standard InChI is InChI=1S/C42H55ClN4O12/c1-24-13-12-14-31(56-8)42(54)23-30(57-40(53)44-42)25(2)38-41(4,59-38)32(22-36(51)46(6)28-20-27(19-24)21-29(55-7)37(28)43)58-39(52)26(3)45(5)33(48)15-10-9-11-18-47-34(49)16-17-35(47)50/h12-14,16-17,20-21,25-26,30-32,38,54H,9-11,15,18-19,22-23H2,1-8H3,(H,44,53)/b14-12+,24-13+/t25?,26-,30?,31?,32?,38?,41?,42?/m0/s1. The van der Waals surface area contributed by atoms with Crippen molar-refractivity contribution in [1.29, 1.82) is 0 Å². The Morgan fingerprint density at radius 2 is 1.81 bits per heavy atom. The van der Waals surface area contributed by atoms with Gasteiger partial charge in [-0.3, -0.25) is 29.4 Å². The van der Waals surface area contributed by atoms with Crippen molar-refractivity contribution in [3.63, 3.8) is 0 Å². The number of aliphatic hydroxyl groups is 1. The lowest BCUT2D eigenvalue weighted by Gasteiger charge is -2.42. The molecule has 8 atom stereocenters. The highest BCUT2D eigenvalue weighted by Crippen LogP contribution is 2.49. The van der Waals surface area contributed by atoms with Crippen molar-refractivity contribution in [1.82, 2.24) is 15.1 Å². The Morgan fingerprint density at radius 3 is 2.47 bits per heavy atom. The number of nitrogens with zero attached hydrogens (tertiary/aromatic N) is 3. The summed E-state index contributed by atoms with van der Waals surface area (Å²) in [5.41, 5.74) is -1.05. The molecule has 4 aliphatic rings. The molecule has 16 nitrogen and oxygen atoms in total. The molecule has 4 bridgehead atoms. The number of likely N-dealkylation sites (N-methyl/N-ethyl adjacent to an activating group) is 1. The van der Waals surface area contributed by atoms with Crippen molar-refractivity contribution in [3.8, 4) is 5.75 Å². The van der Waals surface area contributed by atoms with Crippen molar-refractivity contribution in [3.05, 3.63) is 58.7 Å². The van der Waals surface area contributed by atoms with Crippen LogP contribution in [-0.2, 0) is 49.3 Å². The van der Waals surface area contributed by atoms with Gasteiger partial charge in [-0.05, 0) is 57.7 Å². The summed E-state index contributed by atoms with van der Waals surface area (Å²) in [6, 6.07) is 2.50. The number of benzene rings is 1. The lowest BCUT2D eigenvalue weighted by Crippen LogP contribution is -2.63. The van der Waals surface area contributed by atoms with E-state index in [1.807, 2.05) is 13.0 Å². The fourth-order valence-corrected chi connectivity index (χ4v) is 8.08. The van der Waals surface area contributed by atoms with Gasteiger partial charge in [0.05, 0.1) is 25.3 Å². The molecule has 0 aliphatic carbocycles. The van der Waals surface area contributed by atoms with Gasteiger partial charge in [-0.25, -0.2) is 9.59 Å². The summed E-state index contributed by atoms with van der Waals surface area (Å²) in [5, 5.41) is 14.5. The van der Waals surface area contributed by atoms with Crippen LogP contribution in [0.25, 0.3) is 0 Å². The molecule has 4 aliphatic heterocycles. The van der Waals surface area contributed by atoms with E-state index in [1.54, 1.807) is 45.2 Å². The fourth-order valence-electron chi connectivity index (χ4n) is 7.77. The summed E-state index contributed by atoms with van der Waals surface area (Å²) >= 11 is 6.77. The third kappa shape index (κ3) is 10.2. The number of anilines is 1. The Balaban J connectivity index is 1.39. The van der Waals surface area contributed by atoms with Gasteiger partial charge in [-0.15, -0.1) is 0 Å². The summed E-state index contributed by atoms with van der Waals surface area (Å²) in [7, 11) is 5.94. The first-order valence-corrected chi connectivity index (χ1v) is 20.1. The summed E-state index contributed by atoms with van der Waals surface area (Å²) in [6.45, 7) is 7.16. The second kappa shape index (κ2) is 18.7. The molecule has 0 saturated carbocycles. The average Bonchev–Trinajstić information content (AvgIpc) is 3.79. The summed E-state index contributed by atoms with van der Waals surface area (Å²) in [5.74, 6) is -2.49. The fraction of sp³-hybridized carbons (Fsp3) is 0.571. The Hall–Kier alpha value is -4.77. The minimum Gasteiger partial charge on any atom is -0.495 e. The Morgan fingerprint density at radius 1 is 1.12 bits per heavy atom. The number of hydrogen-bond acceptors (Lipinski definition) is 12. The number of ether oxygens (including phenoxy) is 5. The van der Waals surface area contributed by atoms with Gasteiger partial charge in [-0.1, -0.05) is 48.7 Å². The first kappa shape index (κ1) is 45.3. The first-order valence-electron chi connectivity index (χ1n) is 19.7. The van der Waals surface area contributed by atoms with Gasteiger partial charge in [0.2, 0.25) is 11.8 Å². The van der Waals surface area contributed by atoms with Crippen molar-refractivity contribution >= 4 is 53.0 Å². The Labute approximate surface area is 349 Å². The molecule has 5 rings (SSSR count). The SMILES string of the molecule is COc1cc2cc(c1Cl)N(C)C(=O)CC(OC(=O)[C@H](C)N(C)C(=O)CCCCCN1C(=O)C=CC1=O)C1(C)OC1C(C)C1CC(O)(NC(=O)O1)C(OC)/C=C/C=C(\C)C2. The second-order valence-electron chi connectivity index (χ2n) is 15.9. The number of nitrogens with one attached hydrogen (secondary N) is 1. The van der Waals surface area contributed by atoms with E-state index in [2.05, 4.69) is 5.32 Å². The number of halogens is 1. The van der Waals surface area contributed by atoms with E-state index < -0.39 is 65.7 Å². The number of unbranched alkanes of at least 4 members (excludes halogenated alkanes) is 2. The van der Waals surface area contributed by atoms with Gasteiger partial charge in [-0.2, -0.15) is 0 Å². The zero-order valence-corrected chi connectivity index (χ0v) is 35.6. The zero-order valence-electron chi connectivity index (χ0n) is 34.8. The van der Waals surface area contributed by atoms with Crippen LogP contribution in [0.4, 0.5) is 10.5 Å². The van der Waals surface area contributed by atoms with Crippen LogP contribution in [0.3, 0.4) is 0 Å². The molecular formula is C42H55ClN4O12. The van der Waals surface area contributed by atoms with E-state index in [0.717, 1.165) is 16.0 Å².